The number of hydrogen-bond donors (Lipinski definition) is 1. The van der Waals surface area contributed by atoms with Gasteiger partial charge in [-0.25, -0.2) is 0 Å². The summed E-state index contributed by atoms with van der Waals surface area (Å²) >= 11 is 0. The van der Waals surface area contributed by atoms with Crippen molar-refractivity contribution in [2.24, 2.45) is 0 Å². The second-order valence-corrected chi connectivity index (χ2v) is 4.94. The van der Waals surface area contributed by atoms with Crippen LogP contribution in [0.5, 0.6) is 5.75 Å². The summed E-state index contributed by atoms with van der Waals surface area (Å²) in [6, 6.07) is 6.53. The Morgan fingerprint density at radius 3 is 2.71 bits per heavy atom. The van der Waals surface area contributed by atoms with E-state index in [2.05, 4.69) is 5.32 Å². The molecular weight excluding hydrogens is 287 g/mol. The predicted octanol–water partition coefficient (Wildman–Crippen LogP) is 2.85. The second-order valence-electron chi connectivity index (χ2n) is 4.94. The molecule has 1 aromatic rings. The molecule has 0 aromatic heterocycles. The van der Waals surface area contributed by atoms with E-state index in [1.165, 1.54) is 6.07 Å². The Morgan fingerprint density at radius 1 is 1.33 bits per heavy atom. The summed E-state index contributed by atoms with van der Waals surface area (Å²) in [5.74, 6) is 0.167. The van der Waals surface area contributed by atoms with E-state index in [0.717, 1.165) is 6.42 Å². The number of para-hydroxylation sites is 2. The van der Waals surface area contributed by atoms with Crippen LogP contribution in [0.15, 0.2) is 24.3 Å². The normalized spacial score (nSPS) is 22.3. The van der Waals surface area contributed by atoms with Gasteiger partial charge in [0.25, 0.3) is 0 Å². The van der Waals surface area contributed by atoms with E-state index in [9.17, 15) is 13.2 Å². The minimum absolute atomic E-state index is 0.167. The third-order valence-electron chi connectivity index (χ3n) is 3.38. The number of alkyl halides is 3. The summed E-state index contributed by atoms with van der Waals surface area (Å²) in [6.07, 6.45) is -3.62. The molecule has 1 N–H and O–H groups in total. The van der Waals surface area contributed by atoms with Gasteiger partial charge in [-0.15, -0.1) is 0 Å². The highest BCUT2D eigenvalue weighted by molar-refractivity contribution is 5.56. The largest absolute Gasteiger partial charge is 0.482 e. The van der Waals surface area contributed by atoms with Crippen molar-refractivity contribution in [2.45, 2.75) is 18.2 Å². The van der Waals surface area contributed by atoms with Crippen molar-refractivity contribution in [1.82, 2.24) is 0 Å². The molecule has 1 aliphatic rings. The van der Waals surface area contributed by atoms with Crippen molar-refractivity contribution >= 4 is 5.69 Å². The van der Waals surface area contributed by atoms with E-state index in [-0.39, 0.29) is 5.75 Å². The van der Waals surface area contributed by atoms with Crippen molar-refractivity contribution in [3.8, 4) is 5.75 Å². The molecule has 1 fully saturated rings. The Bertz CT molecular complexity index is 459. The maximum atomic E-state index is 12.2. The molecule has 0 bridgehead atoms. The number of nitrogens with one attached hydrogen (secondary N) is 1. The molecule has 21 heavy (non-hydrogen) atoms. The fourth-order valence-electron chi connectivity index (χ4n) is 2.12. The predicted molar refractivity (Wildman–Crippen MR) is 71.7 cm³/mol. The summed E-state index contributed by atoms with van der Waals surface area (Å²) in [5.41, 5.74) is 0.0574. The number of halogens is 3. The molecular formula is C14H18F3NO3. The minimum Gasteiger partial charge on any atom is -0.482 e. The van der Waals surface area contributed by atoms with Gasteiger partial charge in [0, 0.05) is 26.7 Å². The fraction of sp³-hybridized carbons (Fsp3) is 0.571. The summed E-state index contributed by atoms with van der Waals surface area (Å²) in [4.78, 5) is 0. The molecule has 118 valence electrons. The molecule has 2 rings (SSSR count). The minimum atomic E-state index is -4.36. The Kier molecular flexibility index (Phi) is 4.95. The number of methoxy groups -OCH3 is 1. The van der Waals surface area contributed by atoms with Crippen molar-refractivity contribution < 1.29 is 27.4 Å². The molecule has 0 amide bonds. The molecule has 4 nitrogen and oxygen atoms in total. The van der Waals surface area contributed by atoms with Gasteiger partial charge >= 0.3 is 6.18 Å². The molecule has 0 saturated carbocycles. The van der Waals surface area contributed by atoms with Crippen LogP contribution in [0.4, 0.5) is 18.9 Å². The van der Waals surface area contributed by atoms with Gasteiger partial charge in [-0.2, -0.15) is 13.2 Å². The molecule has 1 aliphatic heterocycles. The van der Waals surface area contributed by atoms with Crippen LogP contribution in [0.3, 0.4) is 0 Å². The van der Waals surface area contributed by atoms with Crippen LogP contribution in [-0.4, -0.2) is 45.3 Å². The SMILES string of the molecule is CO[C@@]1(CNc2ccccc2OCC(F)(F)F)CCOC1. The van der Waals surface area contributed by atoms with E-state index in [1.807, 2.05) is 0 Å². The molecule has 1 aromatic carbocycles. The maximum absolute atomic E-state index is 12.2. The van der Waals surface area contributed by atoms with Crippen molar-refractivity contribution in [1.29, 1.82) is 0 Å². The Morgan fingerprint density at radius 2 is 2.10 bits per heavy atom. The smallest absolute Gasteiger partial charge is 0.422 e. The van der Waals surface area contributed by atoms with Gasteiger partial charge in [0.15, 0.2) is 6.61 Å². The average Bonchev–Trinajstić information content (AvgIpc) is 2.92. The molecule has 1 heterocycles. The highest BCUT2D eigenvalue weighted by atomic mass is 19.4. The molecule has 0 unspecified atom stereocenters. The van der Waals surface area contributed by atoms with E-state index < -0.39 is 18.4 Å². The quantitative estimate of drug-likeness (QED) is 0.877. The van der Waals surface area contributed by atoms with Crippen molar-refractivity contribution in [2.75, 3.05) is 38.8 Å². The Labute approximate surface area is 121 Å². The third kappa shape index (κ3) is 4.50. The summed E-state index contributed by atoms with van der Waals surface area (Å²) in [5, 5.41) is 3.09. The van der Waals surface area contributed by atoms with Gasteiger partial charge in [-0.05, 0) is 12.1 Å². The van der Waals surface area contributed by atoms with Crippen LogP contribution in [0, 0.1) is 0 Å². The maximum Gasteiger partial charge on any atom is 0.422 e. The zero-order valence-electron chi connectivity index (χ0n) is 11.7. The topological polar surface area (TPSA) is 39.7 Å². The van der Waals surface area contributed by atoms with Crippen LogP contribution in [0.2, 0.25) is 0 Å². The highest BCUT2D eigenvalue weighted by Gasteiger charge is 2.35. The number of rotatable bonds is 6. The first-order valence-electron chi connectivity index (χ1n) is 6.59. The average molecular weight is 305 g/mol. The molecule has 0 radical (unpaired) electrons. The number of hydrogen-bond acceptors (Lipinski definition) is 4. The van der Waals surface area contributed by atoms with Gasteiger partial charge in [0.2, 0.25) is 0 Å². The monoisotopic (exact) mass is 305 g/mol. The molecule has 0 spiro atoms. The van der Waals surface area contributed by atoms with E-state index in [4.69, 9.17) is 14.2 Å². The first-order valence-corrected chi connectivity index (χ1v) is 6.59. The van der Waals surface area contributed by atoms with E-state index >= 15 is 0 Å². The Balaban J connectivity index is 1.99. The highest BCUT2D eigenvalue weighted by Crippen LogP contribution is 2.29. The van der Waals surface area contributed by atoms with Gasteiger partial charge in [-0.1, -0.05) is 12.1 Å². The lowest BCUT2D eigenvalue weighted by atomic mass is 10.0. The zero-order chi connectivity index (χ0) is 15.3. The number of benzene rings is 1. The van der Waals surface area contributed by atoms with Gasteiger partial charge in [-0.3, -0.25) is 0 Å². The molecule has 1 saturated heterocycles. The standard InChI is InChI=1S/C14H18F3NO3/c1-19-13(6-7-20-9-13)8-18-11-4-2-3-5-12(11)21-10-14(15,16)17/h2-5,18H,6-10H2,1H3/t13-/m1/s1. The lowest BCUT2D eigenvalue weighted by Gasteiger charge is -2.27. The van der Waals surface area contributed by atoms with Crippen LogP contribution in [0.1, 0.15) is 6.42 Å². The number of ether oxygens (including phenoxy) is 3. The fourth-order valence-corrected chi connectivity index (χ4v) is 2.12. The van der Waals surface area contributed by atoms with Crippen LogP contribution >= 0.6 is 0 Å². The lowest BCUT2D eigenvalue weighted by molar-refractivity contribution is -0.153. The molecule has 7 heteroatoms. The number of anilines is 1. The third-order valence-corrected chi connectivity index (χ3v) is 3.38. The van der Waals surface area contributed by atoms with Gasteiger partial charge in [0.05, 0.1) is 12.3 Å². The molecule has 1 atom stereocenters. The van der Waals surface area contributed by atoms with Crippen LogP contribution < -0.4 is 10.1 Å². The summed E-state index contributed by atoms with van der Waals surface area (Å²) in [7, 11) is 1.60. The van der Waals surface area contributed by atoms with Crippen LogP contribution in [-0.2, 0) is 9.47 Å². The van der Waals surface area contributed by atoms with E-state index in [1.54, 1.807) is 25.3 Å². The van der Waals surface area contributed by atoms with Gasteiger partial charge in [0.1, 0.15) is 11.4 Å². The van der Waals surface area contributed by atoms with Crippen LogP contribution in [0.25, 0.3) is 0 Å². The van der Waals surface area contributed by atoms with E-state index in [0.29, 0.717) is 25.4 Å². The Hall–Kier alpha value is -1.47. The van der Waals surface area contributed by atoms with Crippen molar-refractivity contribution in [3.05, 3.63) is 24.3 Å². The first-order chi connectivity index (χ1) is 9.94. The zero-order valence-corrected chi connectivity index (χ0v) is 11.7. The summed E-state index contributed by atoms with van der Waals surface area (Å²) < 4.78 is 52.3. The summed E-state index contributed by atoms with van der Waals surface area (Å²) in [6.45, 7) is 0.198. The second kappa shape index (κ2) is 6.53. The molecule has 0 aliphatic carbocycles. The lowest BCUT2D eigenvalue weighted by Crippen LogP contribution is -2.39. The van der Waals surface area contributed by atoms with Gasteiger partial charge < -0.3 is 19.5 Å². The first kappa shape index (κ1) is 15.9. The van der Waals surface area contributed by atoms with Crippen molar-refractivity contribution in [3.63, 3.8) is 0 Å².